The van der Waals surface area contributed by atoms with Crippen LogP contribution >= 0.6 is 0 Å². The van der Waals surface area contributed by atoms with Crippen LogP contribution in [0.25, 0.3) is 0 Å². The van der Waals surface area contributed by atoms with Crippen LogP contribution < -0.4 is 0 Å². The number of carbonyl (C=O) groups excluding carboxylic acids is 1. The maximum Gasteiger partial charge on any atom is 0.306 e. The summed E-state index contributed by atoms with van der Waals surface area (Å²) >= 11 is 0. The number of rotatable bonds is 4. The lowest BCUT2D eigenvalue weighted by atomic mass is 9.86. The molecule has 0 spiro atoms. The smallest absolute Gasteiger partial charge is 0.306 e. The molecule has 17 heavy (non-hydrogen) atoms. The average molecular weight is 239 g/mol. The number of nitrogens with zero attached hydrogens (tertiary/aromatic N) is 1. The van der Waals surface area contributed by atoms with Gasteiger partial charge in [-0.2, -0.15) is 0 Å². The molecule has 4 nitrogen and oxygen atoms in total. The lowest BCUT2D eigenvalue weighted by molar-refractivity contribution is -0.150. The minimum atomic E-state index is -0.752. The van der Waals surface area contributed by atoms with Crippen LogP contribution in [0.15, 0.2) is 0 Å². The van der Waals surface area contributed by atoms with E-state index in [-0.39, 0.29) is 17.7 Å². The maximum atomic E-state index is 11.9. The lowest BCUT2D eigenvalue weighted by Crippen LogP contribution is -2.53. The molecule has 4 heteroatoms. The van der Waals surface area contributed by atoms with Gasteiger partial charge in [0, 0.05) is 25.4 Å². The Labute approximate surface area is 102 Å². The van der Waals surface area contributed by atoms with Gasteiger partial charge in [-0.3, -0.25) is 9.59 Å². The largest absolute Gasteiger partial charge is 0.481 e. The van der Waals surface area contributed by atoms with Crippen LogP contribution in [0.5, 0.6) is 0 Å². The van der Waals surface area contributed by atoms with Gasteiger partial charge < -0.3 is 10.0 Å². The number of carbonyl (C=O) groups is 2. The van der Waals surface area contributed by atoms with Gasteiger partial charge in [-0.1, -0.05) is 19.8 Å². The fourth-order valence-corrected chi connectivity index (χ4v) is 2.82. The predicted octanol–water partition coefficient (Wildman–Crippen LogP) is 1.75. The van der Waals surface area contributed by atoms with E-state index in [0.717, 1.165) is 0 Å². The SMILES string of the molecule is CC(C(=O)O)C1CN(C(=O)CC2CCCC2)C1. The second kappa shape index (κ2) is 5.07. The Morgan fingerprint density at radius 1 is 1.29 bits per heavy atom. The van der Waals surface area contributed by atoms with Crippen molar-refractivity contribution in [1.82, 2.24) is 4.90 Å². The predicted molar refractivity (Wildman–Crippen MR) is 63.4 cm³/mol. The summed E-state index contributed by atoms with van der Waals surface area (Å²) in [6.45, 7) is 3.00. The summed E-state index contributed by atoms with van der Waals surface area (Å²) in [5.41, 5.74) is 0. The second-order valence-corrected chi connectivity index (χ2v) is 5.54. The van der Waals surface area contributed by atoms with Gasteiger partial charge in [0.25, 0.3) is 0 Å². The van der Waals surface area contributed by atoms with Gasteiger partial charge in [0.05, 0.1) is 5.92 Å². The molecule has 2 rings (SSSR count). The molecule has 0 aromatic rings. The molecule has 0 aromatic carbocycles. The molecule has 96 valence electrons. The Balaban J connectivity index is 1.71. The molecular weight excluding hydrogens is 218 g/mol. The van der Waals surface area contributed by atoms with E-state index in [2.05, 4.69) is 0 Å². The van der Waals surface area contributed by atoms with E-state index >= 15 is 0 Å². The van der Waals surface area contributed by atoms with Crippen molar-refractivity contribution in [3.8, 4) is 0 Å². The van der Waals surface area contributed by atoms with Gasteiger partial charge in [0.1, 0.15) is 0 Å². The van der Waals surface area contributed by atoms with E-state index < -0.39 is 5.97 Å². The van der Waals surface area contributed by atoms with Crippen molar-refractivity contribution in [3.05, 3.63) is 0 Å². The molecule has 2 fully saturated rings. The highest BCUT2D eigenvalue weighted by atomic mass is 16.4. The van der Waals surface area contributed by atoms with Crippen molar-refractivity contribution < 1.29 is 14.7 Å². The third kappa shape index (κ3) is 2.79. The minimum absolute atomic E-state index is 0.153. The van der Waals surface area contributed by atoms with Crippen molar-refractivity contribution in [2.24, 2.45) is 17.8 Å². The zero-order valence-electron chi connectivity index (χ0n) is 10.4. The first-order chi connectivity index (χ1) is 8.08. The van der Waals surface area contributed by atoms with E-state index in [0.29, 0.717) is 25.4 Å². The molecule has 1 saturated carbocycles. The first-order valence-electron chi connectivity index (χ1n) is 6.58. The molecule has 2 aliphatic rings. The highest BCUT2D eigenvalue weighted by molar-refractivity contribution is 5.78. The zero-order valence-corrected chi connectivity index (χ0v) is 10.4. The topological polar surface area (TPSA) is 57.6 Å². The minimum Gasteiger partial charge on any atom is -0.481 e. The van der Waals surface area contributed by atoms with Crippen LogP contribution in [-0.2, 0) is 9.59 Å². The molecule has 1 saturated heterocycles. The summed E-state index contributed by atoms with van der Waals surface area (Å²) in [5.74, 6) is -0.118. The highest BCUT2D eigenvalue weighted by Gasteiger charge is 2.37. The van der Waals surface area contributed by atoms with E-state index in [4.69, 9.17) is 5.11 Å². The van der Waals surface area contributed by atoms with Crippen molar-refractivity contribution >= 4 is 11.9 Å². The first-order valence-corrected chi connectivity index (χ1v) is 6.58. The standard InChI is InChI=1S/C13H21NO3/c1-9(13(16)17)11-7-14(8-11)12(15)6-10-4-2-3-5-10/h9-11H,2-8H2,1H3,(H,16,17). The average Bonchev–Trinajstić information content (AvgIpc) is 2.67. The Morgan fingerprint density at radius 2 is 1.88 bits per heavy atom. The Kier molecular flexibility index (Phi) is 3.69. The molecular formula is C13H21NO3. The van der Waals surface area contributed by atoms with Gasteiger partial charge in [-0.25, -0.2) is 0 Å². The third-order valence-corrected chi connectivity index (χ3v) is 4.30. The third-order valence-electron chi connectivity index (χ3n) is 4.30. The normalized spacial score (nSPS) is 23.5. The number of amides is 1. The molecule has 1 aliphatic heterocycles. The molecule has 1 heterocycles. The van der Waals surface area contributed by atoms with Crippen LogP contribution in [0.4, 0.5) is 0 Å². The van der Waals surface area contributed by atoms with Gasteiger partial charge in [-0.05, 0) is 18.8 Å². The molecule has 0 bridgehead atoms. The van der Waals surface area contributed by atoms with E-state index in [1.807, 2.05) is 4.90 Å². The summed E-state index contributed by atoms with van der Waals surface area (Å²) in [5, 5.41) is 8.87. The maximum absolute atomic E-state index is 11.9. The number of carboxylic acids is 1. The quantitative estimate of drug-likeness (QED) is 0.813. The molecule has 1 amide bonds. The molecule has 0 aromatic heterocycles. The Hall–Kier alpha value is -1.06. The van der Waals surface area contributed by atoms with Gasteiger partial charge in [0.2, 0.25) is 5.91 Å². The molecule has 1 aliphatic carbocycles. The molecule has 1 unspecified atom stereocenters. The number of likely N-dealkylation sites (tertiary alicyclic amines) is 1. The summed E-state index contributed by atoms with van der Waals surface area (Å²) in [6.07, 6.45) is 5.57. The van der Waals surface area contributed by atoms with Gasteiger partial charge in [-0.15, -0.1) is 0 Å². The summed E-state index contributed by atoms with van der Waals surface area (Å²) in [6, 6.07) is 0. The van der Waals surface area contributed by atoms with E-state index in [1.165, 1.54) is 25.7 Å². The fraction of sp³-hybridized carbons (Fsp3) is 0.846. The number of hydrogen-bond donors (Lipinski definition) is 1. The highest BCUT2D eigenvalue weighted by Crippen LogP contribution is 2.30. The van der Waals surface area contributed by atoms with Crippen LogP contribution in [0.2, 0.25) is 0 Å². The summed E-state index contributed by atoms with van der Waals surface area (Å²) in [7, 11) is 0. The second-order valence-electron chi connectivity index (χ2n) is 5.54. The Morgan fingerprint density at radius 3 is 2.41 bits per heavy atom. The monoisotopic (exact) mass is 239 g/mol. The number of aliphatic carboxylic acids is 1. The number of hydrogen-bond acceptors (Lipinski definition) is 2. The molecule has 1 atom stereocenters. The van der Waals surface area contributed by atoms with Crippen LogP contribution in [-0.4, -0.2) is 35.0 Å². The van der Waals surface area contributed by atoms with Crippen LogP contribution in [0.3, 0.4) is 0 Å². The fourth-order valence-electron chi connectivity index (χ4n) is 2.82. The lowest BCUT2D eigenvalue weighted by Gasteiger charge is -2.41. The van der Waals surface area contributed by atoms with Crippen LogP contribution in [0.1, 0.15) is 39.0 Å². The van der Waals surface area contributed by atoms with Crippen molar-refractivity contribution in [1.29, 1.82) is 0 Å². The summed E-state index contributed by atoms with van der Waals surface area (Å²) < 4.78 is 0. The zero-order chi connectivity index (χ0) is 12.4. The number of carboxylic acid groups (broad SMARTS) is 1. The molecule has 0 radical (unpaired) electrons. The Bertz CT molecular complexity index is 304. The first kappa shape index (κ1) is 12.4. The van der Waals surface area contributed by atoms with Crippen molar-refractivity contribution in [2.75, 3.05) is 13.1 Å². The van der Waals surface area contributed by atoms with E-state index in [1.54, 1.807) is 6.92 Å². The van der Waals surface area contributed by atoms with Crippen molar-refractivity contribution in [3.63, 3.8) is 0 Å². The molecule has 1 N–H and O–H groups in total. The van der Waals surface area contributed by atoms with Crippen molar-refractivity contribution in [2.45, 2.75) is 39.0 Å². The van der Waals surface area contributed by atoms with Gasteiger partial charge >= 0.3 is 5.97 Å². The van der Waals surface area contributed by atoms with Crippen LogP contribution in [0, 0.1) is 17.8 Å². The summed E-state index contributed by atoms with van der Waals surface area (Å²) in [4.78, 5) is 24.5. The van der Waals surface area contributed by atoms with E-state index in [9.17, 15) is 9.59 Å². The van der Waals surface area contributed by atoms with Gasteiger partial charge in [0.15, 0.2) is 0 Å².